The van der Waals surface area contributed by atoms with Crippen LogP contribution in [0.4, 0.5) is 0 Å². The Labute approximate surface area is 409 Å². The van der Waals surface area contributed by atoms with E-state index in [0.29, 0.717) is 12.8 Å². The molecule has 0 aromatic rings. The van der Waals surface area contributed by atoms with Crippen LogP contribution < -0.4 is 5.32 Å². The molecule has 8 unspecified atom stereocenters. The Morgan fingerprint density at radius 2 is 0.970 bits per heavy atom. The first-order chi connectivity index (χ1) is 32.4. The molecule has 0 aromatic carbocycles. The molecule has 1 saturated heterocycles. The Morgan fingerprint density at radius 1 is 0.597 bits per heavy atom. The van der Waals surface area contributed by atoms with Crippen LogP contribution in [0.1, 0.15) is 258 Å². The van der Waals surface area contributed by atoms with Gasteiger partial charge in [0.05, 0.1) is 25.4 Å². The summed E-state index contributed by atoms with van der Waals surface area (Å²) in [7, 11) is -5.12. The molecule has 0 spiro atoms. The SMILES string of the molecule is CCCCCCCCCCCCCCCCCCCCC/C=C/C(O)C(COC1OC(CO)C(O)C(OS(=O)(=O)O)C1O)NC(=O)C(O)CCCCCCCCCCCCCCCCCCC. The highest BCUT2D eigenvalue weighted by molar-refractivity contribution is 7.80. The van der Waals surface area contributed by atoms with Gasteiger partial charge in [0.25, 0.3) is 0 Å². The molecule has 14 heteroatoms. The summed E-state index contributed by atoms with van der Waals surface area (Å²) in [6.45, 7) is 3.26. The van der Waals surface area contributed by atoms with Gasteiger partial charge in [0, 0.05) is 0 Å². The third-order valence-corrected chi connectivity index (χ3v) is 13.9. The average Bonchev–Trinajstić information content (AvgIpc) is 3.30. The maximum Gasteiger partial charge on any atom is 0.397 e. The van der Waals surface area contributed by atoms with Crippen molar-refractivity contribution < 1.29 is 57.0 Å². The van der Waals surface area contributed by atoms with Crippen LogP contribution in [0.15, 0.2) is 12.2 Å². The first kappa shape index (κ1) is 63.8. The third-order valence-electron chi connectivity index (χ3n) is 13.4. The van der Waals surface area contributed by atoms with Crippen molar-refractivity contribution in [1.29, 1.82) is 0 Å². The molecule has 0 saturated carbocycles. The predicted octanol–water partition coefficient (Wildman–Crippen LogP) is 11.3. The maximum atomic E-state index is 13.2. The minimum Gasteiger partial charge on any atom is -0.394 e. The summed E-state index contributed by atoms with van der Waals surface area (Å²) in [6, 6.07) is -1.12. The number of ether oxygens (including phenoxy) is 2. The topological polar surface area (TPSA) is 212 Å². The van der Waals surface area contributed by atoms with Crippen molar-refractivity contribution in [2.45, 2.75) is 307 Å². The summed E-state index contributed by atoms with van der Waals surface area (Å²) >= 11 is 0. The maximum absolute atomic E-state index is 13.2. The van der Waals surface area contributed by atoms with Crippen molar-refractivity contribution in [3.05, 3.63) is 12.2 Å². The van der Waals surface area contributed by atoms with Gasteiger partial charge in [-0.1, -0.05) is 251 Å². The van der Waals surface area contributed by atoms with Crippen LogP contribution in [-0.4, -0.2) is 107 Å². The van der Waals surface area contributed by atoms with Gasteiger partial charge >= 0.3 is 10.4 Å². The lowest BCUT2D eigenvalue weighted by atomic mass is 9.99. The van der Waals surface area contributed by atoms with Crippen molar-refractivity contribution in [3.8, 4) is 0 Å². The van der Waals surface area contributed by atoms with Crippen molar-refractivity contribution >= 4 is 16.3 Å². The van der Waals surface area contributed by atoms with Gasteiger partial charge < -0.3 is 40.3 Å². The van der Waals surface area contributed by atoms with Gasteiger partial charge in [-0.05, 0) is 19.3 Å². The number of carbonyl (C=O) groups is 1. The van der Waals surface area contributed by atoms with Gasteiger partial charge in [-0.25, -0.2) is 4.18 Å². The van der Waals surface area contributed by atoms with E-state index < -0.39 is 78.5 Å². The van der Waals surface area contributed by atoms with E-state index in [9.17, 15) is 43.3 Å². The molecule has 0 bridgehead atoms. The van der Waals surface area contributed by atoms with Crippen LogP contribution >= 0.6 is 0 Å². The Kier molecular flexibility index (Phi) is 41.5. The lowest BCUT2D eigenvalue weighted by Crippen LogP contribution is -2.61. The summed E-state index contributed by atoms with van der Waals surface area (Å²) in [5.74, 6) is -0.697. The summed E-state index contributed by atoms with van der Waals surface area (Å²) in [6.07, 6.45) is 38.6. The molecule has 1 amide bonds. The van der Waals surface area contributed by atoms with Crippen LogP contribution in [0, 0.1) is 0 Å². The van der Waals surface area contributed by atoms with E-state index in [1.807, 2.05) is 6.08 Å². The van der Waals surface area contributed by atoms with Gasteiger partial charge in [0.1, 0.15) is 30.5 Å². The molecule has 1 aliphatic rings. The fourth-order valence-corrected chi connectivity index (χ4v) is 9.56. The van der Waals surface area contributed by atoms with Crippen molar-refractivity contribution in [1.82, 2.24) is 5.32 Å². The van der Waals surface area contributed by atoms with E-state index in [-0.39, 0.29) is 6.42 Å². The fraction of sp³-hybridized carbons (Fsp3) is 0.943. The minimum atomic E-state index is -5.12. The Bertz CT molecular complexity index is 1260. The number of carbonyl (C=O) groups excluding carboxylic acids is 1. The van der Waals surface area contributed by atoms with Crippen molar-refractivity contribution in [3.63, 3.8) is 0 Å². The number of aliphatic hydroxyl groups excluding tert-OH is 5. The van der Waals surface area contributed by atoms with E-state index in [4.69, 9.17) is 9.47 Å². The Hall–Kier alpha value is -1.20. The first-order valence-electron chi connectivity index (χ1n) is 27.7. The standard InChI is InChI=1S/C53H103NO12S/c1-3-5-7-9-11-13-15-17-19-21-22-23-24-26-27-29-31-33-35-37-39-41-46(56)45(44-64-53-50(59)51(66-67(61,62)63)49(58)48(43-55)65-53)54-52(60)47(57)42-40-38-36-34-32-30-28-25-20-18-16-14-12-10-8-6-4-2/h39,41,45-51,53,55-59H,3-38,40,42-44H2,1-2H3,(H,54,60)(H,61,62,63)/b41-39+. The Morgan fingerprint density at radius 3 is 1.34 bits per heavy atom. The second-order valence-corrected chi connectivity index (χ2v) is 20.7. The predicted molar refractivity (Wildman–Crippen MR) is 270 cm³/mol. The number of hydrogen-bond acceptors (Lipinski definition) is 11. The van der Waals surface area contributed by atoms with Crippen LogP contribution in [0.2, 0.25) is 0 Å². The first-order valence-corrected chi connectivity index (χ1v) is 29.0. The van der Waals surface area contributed by atoms with Crippen LogP contribution in [0.5, 0.6) is 0 Å². The molecule has 1 rings (SSSR count). The summed E-state index contributed by atoms with van der Waals surface area (Å²) in [5, 5.41) is 55.5. The highest BCUT2D eigenvalue weighted by Crippen LogP contribution is 2.26. The van der Waals surface area contributed by atoms with Crippen LogP contribution in [0.25, 0.3) is 0 Å². The number of allylic oxidation sites excluding steroid dienone is 1. The molecular weight excluding hydrogens is 875 g/mol. The van der Waals surface area contributed by atoms with Crippen LogP contribution in [0.3, 0.4) is 0 Å². The number of rotatable bonds is 48. The zero-order chi connectivity index (χ0) is 49.2. The zero-order valence-corrected chi connectivity index (χ0v) is 43.4. The highest BCUT2D eigenvalue weighted by atomic mass is 32.3. The van der Waals surface area contributed by atoms with Gasteiger partial charge in [0.15, 0.2) is 6.29 Å². The molecule has 0 aliphatic carbocycles. The molecule has 1 aliphatic heterocycles. The second-order valence-electron chi connectivity index (χ2n) is 19.7. The van der Waals surface area contributed by atoms with Crippen molar-refractivity contribution in [2.75, 3.05) is 13.2 Å². The quantitative estimate of drug-likeness (QED) is 0.0172. The number of amides is 1. The molecular formula is C53H103NO12S. The zero-order valence-electron chi connectivity index (χ0n) is 42.6. The largest absolute Gasteiger partial charge is 0.397 e. The molecule has 8 atom stereocenters. The fourth-order valence-electron chi connectivity index (χ4n) is 9.05. The molecule has 7 N–H and O–H groups in total. The van der Waals surface area contributed by atoms with Gasteiger partial charge in [-0.3, -0.25) is 9.35 Å². The summed E-state index contributed by atoms with van der Waals surface area (Å²) in [4.78, 5) is 13.2. The van der Waals surface area contributed by atoms with Gasteiger partial charge in [-0.2, -0.15) is 8.42 Å². The van der Waals surface area contributed by atoms with Crippen LogP contribution in [-0.2, 0) is 28.9 Å². The highest BCUT2D eigenvalue weighted by Gasteiger charge is 2.48. The molecule has 67 heavy (non-hydrogen) atoms. The summed E-state index contributed by atoms with van der Waals surface area (Å²) < 4.78 is 47.7. The molecule has 13 nitrogen and oxygen atoms in total. The van der Waals surface area contributed by atoms with Crippen molar-refractivity contribution in [2.24, 2.45) is 0 Å². The normalized spacial score (nSPS) is 20.4. The lowest BCUT2D eigenvalue weighted by Gasteiger charge is -2.41. The monoisotopic (exact) mass is 978 g/mol. The number of nitrogens with one attached hydrogen (secondary N) is 1. The van der Waals surface area contributed by atoms with E-state index in [1.54, 1.807) is 6.08 Å². The number of unbranched alkanes of at least 4 members (excludes halogenated alkanes) is 35. The molecule has 1 fully saturated rings. The second kappa shape index (κ2) is 43.6. The summed E-state index contributed by atoms with van der Waals surface area (Å²) in [5.41, 5.74) is 0. The molecule has 1 heterocycles. The van der Waals surface area contributed by atoms with Gasteiger partial charge in [0.2, 0.25) is 5.91 Å². The number of aliphatic hydroxyl groups is 5. The Balaban J connectivity index is 2.47. The van der Waals surface area contributed by atoms with E-state index in [0.717, 1.165) is 38.5 Å². The number of hydrogen-bond donors (Lipinski definition) is 7. The molecule has 0 aromatic heterocycles. The minimum absolute atomic E-state index is 0.249. The van der Waals surface area contributed by atoms with Gasteiger partial charge in [-0.15, -0.1) is 0 Å². The lowest BCUT2D eigenvalue weighted by molar-refractivity contribution is -0.298. The van der Waals surface area contributed by atoms with E-state index in [2.05, 4.69) is 23.3 Å². The third kappa shape index (κ3) is 35.5. The molecule has 398 valence electrons. The molecule has 0 radical (unpaired) electrons. The smallest absolute Gasteiger partial charge is 0.394 e. The average molecular weight is 978 g/mol. The van der Waals surface area contributed by atoms with E-state index in [1.165, 1.54) is 186 Å². The van der Waals surface area contributed by atoms with E-state index >= 15 is 0 Å².